The molecule has 38 heavy (non-hydrogen) atoms. The molecule has 2 saturated carbocycles. The van der Waals surface area contributed by atoms with Gasteiger partial charge in [-0.3, -0.25) is 9.59 Å². The fourth-order valence-corrected chi connectivity index (χ4v) is 6.92. The van der Waals surface area contributed by atoms with Crippen molar-refractivity contribution in [3.63, 3.8) is 0 Å². The van der Waals surface area contributed by atoms with E-state index in [1.54, 1.807) is 23.1 Å². The Morgan fingerprint density at radius 2 is 1.84 bits per heavy atom. The zero-order chi connectivity index (χ0) is 26.8. The maximum absolute atomic E-state index is 13.8. The van der Waals surface area contributed by atoms with Gasteiger partial charge in [0.2, 0.25) is 11.8 Å². The Bertz CT molecular complexity index is 1170. The second kappa shape index (κ2) is 11.4. The Kier molecular flexibility index (Phi) is 7.97. The van der Waals surface area contributed by atoms with Crippen LogP contribution in [0.3, 0.4) is 0 Å². The summed E-state index contributed by atoms with van der Waals surface area (Å²) in [6.07, 6.45) is 9.27. The third-order valence-electron chi connectivity index (χ3n) is 8.99. The lowest BCUT2D eigenvalue weighted by Crippen LogP contribution is -2.50. The molecule has 2 aromatic rings. The molecular weight excluding hydrogens is 491 g/mol. The number of likely N-dealkylation sites (tertiary alicyclic amines) is 1. The molecule has 206 valence electrons. The van der Waals surface area contributed by atoms with Gasteiger partial charge in [0, 0.05) is 24.2 Å². The lowest BCUT2D eigenvalue weighted by atomic mass is 9.76. The number of rotatable bonds is 7. The maximum atomic E-state index is 13.8. The van der Waals surface area contributed by atoms with Gasteiger partial charge in [-0.1, -0.05) is 32.1 Å². The number of hydrogen-bond donors (Lipinski definition) is 3. The molecule has 1 aromatic carbocycles. The molecule has 3 fully saturated rings. The van der Waals surface area contributed by atoms with Crippen molar-refractivity contribution < 1.29 is 28.3 Å². The van der Waals surface area contributed by atoms with Gasteiger partial charge in [-0.15, -0.1) is 0 Å². The molecule has 3 atom stereocenters. The van der Waals surface area contributed by atoms with Crippen molar-refractivity contribution in [1.82, 2.24) is 9.88 Å². The van der Waals surface area contributed by atoms with Crippen LogP contribution in [0.1, 0.15) is 74.9 Å². The Morgan fingerprint density at radius 3 is 2.53 bits per heavy atom. The van der Waals surface area contributed by atoms with Crippen LogP contribution in [0.2, 0.25) is 0 Å². The minimum absolute atomic E-state index is 0.0220. The predicted octanol–water partition coefficient (Wildman–Crippen LogP) is 4.37. The lowest BCUT2D eigenvalue weighted by Gasteiger charge is -2.36. The van der Waals surface area contributed by atoms with E-state index in [1.807, 2.05) is 0 Å². The molecule has 2 heterocycles. The molecule has 0 unspecified atom stereocenters. The number of carboxylic acids is 1. The van der Waals surface area contributed by atoms with Gasteiger partial charge in [-0.2, -0.15) is 0 Å². The van der Waals surface area contributed by atoms with Crippen LogP contribution in [0.5, 0.6) is 0 Å². The zero-order valence-corrected chi connectivity index (χ0v) is 21.6. The molecule has 0 bridgehead atoms. The van der Waals surface area contributed by atoms with Crippen molar-refractivity contribution in [3.8, 4) is 0 Å². The van der Waals surface area contributed by atoms with E-state index in [4.69, 9.17) is 15.3 Å². The van der Waals surface area contributed by atoms with Crippen molar-refractivity contribution in [3.05, 3.63) is 24.1 Å². The van der Waals surface area contributed by atoms with Crippen LogP contribution in [0.4, 0.5) is 10.1 Å². The van der Waals surface area contributed by atoms with Crippen molar-refractivity contribution in [2.24, 2.45) is 29.4 Å². The van der Waals surface area contributed by atoms with Gasteiger partial charge >= 0.3 is 11.9 Å². The van der Waals surface area contributed by atoms with E-state index in [-0.39, 0.29) is 29.6 Å². The Morgan fingerprint density at radius 1 is 1.11 bits per heavy atom. The monoisotopic (exact) mass is 528 g/mol. The standard InChI is InChI=1S/C28H37FN4O5/c29-15-21(30)17-6-8-18(9-7-17)27(35)33-13-12-20(16-4-2-1-3-5-16)24(33)25(34)31-19-10-11-23-22(14-19)32-26(38-23)28(36)37/h10-11,14,16-18,20-21,24H,1-9,12-13,15,30H2,(H,31,34)(H,36,37)/t17-,18-,20-,21+,24-/m0/s1. The van der Waals surface area contributed by atoms with Gasteiger partial charge in [-0.05, 0) is 68.1 Å². The summed E-state index contributed by atoms with van der Waals surface area (Å²) in [7, 11) is 0. The predicted molar refractivity (Wildman–Crippen MR) is 139 cm³/mol. The van der Waals surface area contributed by atoms with Crippen molar-refractivity contribution >= 4 is 34.6 Å². The van der Waals surface area contributed by atoms with Crippen LogP contribution >= 0.6 is 0 Å². The summed E-state index contributed by atoms with van der Waals surface area (Å²) in [4.78, 5) is 44.5. The molecule has 1 aromatic heterocycles. The van der Waals surface area contributed by atoms with Crippen LogP contribution in [0, 0.1) is 23.7 Å². The molecule has 2 amide bonds. The highest BCUT2D eigenvalue weighted by molar-refractivity contribution is 5.99. The molecule has 5 rings (SSSR count). The molecule has 0 radical (unpaired) electrons. The third-order valence-corrected chi connectivity index (χ3v) is 8.99. The summed E-state index contributed by atoms with van der Waals surface area (Å²) in [6.45, 7) is 0.0186. The average Bonchev–Trinajstić information content (AvgIpc) is 3.58. The number of nitrogens with two attached hydrogens (primary N) is 1. The molecule has 10 heteroatoms. The van der Waals surface area contributed by atoms with Gasteiger partial charge in [0.05, 0.1) is 0 Å². The first-order valence-corrected chi connectivity index (χ1v) is 13.9. The fourth-order valence-electron chi connectivity index (χ4n) is 6.92. The van der Waals surface area contributed by atoms with Gasteiger partial charge < -0.3 is 25.5 Å². The molecule has 0 spiro atoms. The molecule has 3 aliphatic rings. The summed E-state index contributed by atoms with van der Waals surface area (Å²) in [5.74, 6) is -1.42. The minimum Gasteiger partial charge on any atom is -0.474 e. The quantitative estimate of drug-likeness (QED) is 0.485. The van der Waals surface area contributed by atoms with Crippen LogP contribution < -0.4 is 11.1 Å². The normalized spacial score (nSPS) is 27.4. The van der Waals surface area contributed by atoms with E-state index in [0.717, 1.165) is 44.9 Å². The molecular formula is C28H37FN4O5. The number of anilines is 1. The van der Waals surface area contributed by atoms with Gasteiger partial charge in [0.25, 0.3) is 0 Å². The number of fused-ring (bicyclic) bond motifs is 1. The smallest absolute Gasteiger partial charge is 0.392 e. The summed E-state index contributed by atoms with van der Waals surface area (Å²) < 4.78 is 18.3. The first-order chi connectivity index (χ1) is 18.4. The highest BCUT2D eigenvalue weighted by Crippen LogP contribution is 2.41. The summed E-state index contributed by atoms with van der Waals surface area (Å²) in [5, 5.41) is 12.1. The number of amides is 2. The number of benzene rings is 1. The van der Waals surface area contributed by atoms with Crippen LogP contribution in [0.25, 0.3) is 11.1 Å². The number of oxazole rings is 1. The van der Waals surface area contributed by atoms with Gasteiger partial charge in [-0.25, -0.2) is 14.2 Å². The minimum atomic E-state index is -1.26. The number of halogens is 1. The molecule has 1 saturated heterocycles. The Hall–Kier alpha value is -3.01. The summed E-state index contributed by atoms with van der Waals surface area (Å²) >= 11 is 0. The number of hydrogen-bond acceptors (Lipinski definition) is 6. The molecule has 4 N–H and O–H groups in total. The van der Waals surface area contributed by atoms with Gasteiger partial charge in [0.15, 0.2) is 5.58 Å². The van der Waals surface area contributed by atoms with E-state index >= 15 is 0 Å². The number of nitrogens with one attached hydrogen (secondary N) is 1. The Balaban J connectivity index is 1.34. The second-order valence-electron chi connectivity index (χ2n) is 11.3. The van der Waals surface area contributed by atoms with Crippen LogP contribution in [-0.4, -0.2) is 58.1 Å². The molecule has 9 nitrogen and oxygen atoms in total. The first-order valence-electron chi connectivity index (χ1n) is 13.9. The van der Waals surface area contributed by atoms with E-state index < -0.39 is 30.6 Å². The number of carbonyl (C=O) groups is 3. The van der Waals surface area contributed by atoms with Crippen LogP contribution in [0.15, 0.2) is 22.6 Å². The zero-order valence-electron chi connectivity index (χ0n) is 21.6. The summed E-state index contributed by atoms with van der Waals surface area (Å²) in [5.41, 5.74) is 7.06. The molecule has 1 aliphatic heterocycles. The second-order valence-corrected chi connectivity index (χ2v) is 11.3. The third kappa shape index (κ3) is 5.41. The number of carbonyl (C=O) groups excluding carboxylic acids is 2. The average molecular weight is 529 g/mol. The van der Waals surface area contributed by atoms with E-state index in [0.29, 0.717) is 42.1 Å². The fraction of sp³-hybridized carbons (Fsp3) is 0.643. The maximum Gasteiger partial charge on any atom is 0.392 e. The SMILES string of the molecule is N[C@H](CF)[C@H]1CC[C@H](C(=O)N2CC[C@@H](C3CCCCC3)[C@H]2C(=O)Nc2ccc3oc(C(=O)O)nc3c2)CC1. The number of alkyl halides is 1. The van der Waals surface area contributed by atoms with Crippen LogP contribution in [-0.2, 0) is 9.59 Å². The van der Waals surface area contributed by atoms with Crippen molar-refractivity contribution in [1.29, 1.82) is 0 Å². The van der Waals surface area contributed by atoms with Gasteiger partial charge in [0.1, 0.15) is 18.2 Å². The number of aromatic nitrogens is 1. The number of nitrogens with zero attached hydrogens (tertiary/aromatic N) is 2. The van der Waals surface area contributed by atoms with E-state index in [9.17, 15) is 18.8 Å². The van der Waals surface area contributed by atoms with E-state index in [2.05, 4.69) is 10.3 Å². The lowest BCUT2D eigenvalue weighted by molar-refractivity contribution is -0.142. The highest BCUT2D eigenvalue weighted by atomic mass is 19.1. The first kappa shape index (κ1) is 26.6. The Labute approximate surface area is 221 Å². The largest absolute Gasteiger partial charge is 0.474 e. The number of aromatic carboxylic acids is 1. The van der Waals surface area contributed by atoms with E-state index in [1.165, 1.54) is 6.42 Å². The molecule has 2 aliphatic carbocycles. The topological polar surface area (TPSA) is 139 Å². The van der Waals surface area contributed by atoms with Crippen molar-refractivity contribution in [2.75, 3.05) is 18.5 Å². The highest BCUT2D eigenvalue weighted by Gasteiger charge is 2.47. The number of carboxylic acid groups (broad SMARTS) is 1. The summed E-state index contributed by atoms with van der Waals surface area (Å²) in [6, 6.07) is 3.80. The van der Waals surface area contributed by atoms with Crippen molar-refractivity contribution in [2.45, 2.75) is 76.3 Å².